The monoisotopic (exact) mass is 551 g/mol. The van der Waals surface area contributed by atoms with Crippen molar-refractivity contribution in [1.82, 2.24) is 29.9 Å². The van der Waals surface area contributed by atoms with Crippen molar-refractivity contribution < 1.29 is 22.8 Å². The summed E-state index contributed by atoms with van der Waals surface area (Å²) in [6.07, 6.45) is 5.71. The summed E-state index contributed by atoms with van der Waals surface area (Å²) in [6, 6.07) is 6.24. The molecular formula is C26H17ClF3N7O2. The van der Waals surface area contributed by atoms with Gasteiger partial charge in [-0.15, -0.1) is 0 Å². The molecular weight excluding hydrogens is 535 g/mol. The van der Waals surface area contributed by atoms with Crippen LogP contribution in [0.4, 0.5) is 18.9 Å². The summed E-state index contributed by atoms with van der Waals surface area (Å²) < 4.78 is 45.3. The van der Waals surface area contributed by atoms with Gasteiger partial charge in [0.15, 0.2) is 11.6 Å². The normalized spacial score (nSPS) is 14.5. The molecule has 1 amide bonds. The van der Waals surface area contributed by atoms with Gasteiger partial charge in [-0.25, -0.2) is 9.48 Å². The molecule has 196 valence electrons. The average molecular weight is 552 g/mol. The number of hydrogen-bond donors (Lipinski definition) is 2. The van der Waals surface area contributed by atoms with Gasteiger partial charge in [0, 0.05) is 29.1 Å². The molecule has 1 aliphatic heterocycles. The van der Waals surface area contributed by atoms with Crippen LogP contribution in [0.1, 0.15) is 46.1 Å². The fraction of sp³-hybridized carbons (Fsp3) is 0.154. The molecule has 0 unspecified atom stereocenters. The summed E-state index contributed by atoms with van der Waals surface area (Å²) in [4.78, 5) is 28.6. The first-order valence-corrected chi connectivity index (χ1v) is 12.1. The summed E-state index contributed by atoms with van der Waals surface area (Å²) in [7, 11) is 0. The number of alkyl halides is 3. The molecule has 39 heavy (non-hydrogen) atoms. The lowest BCUT2D eigenvalue weighted by Gasteiger charge is -2.19. The van der Waals surface area contributed by atoms with Crippen LogP contribution in [-0.4, -0.2) is 36.4 Å². The van der Waals surface area contributed by atoms with E-state index in [1.165, 1.54) is 36.7 Å². The van der Waals surface area contributed by atoms with Crippen LogP contribution in [0, 0.1) is 0 Å². The van der Waals surface area contributed by atoms with Gasteiger partial charge < -0.3 is 10.6 Å². The number of anilines is 1. The molecule has 4 heterocycles. The Hall–Kier alpha value is -4.67. The third-order valence-electron chi connectivity index (χ3n) is 6.34. The van der Waals surface area contributed by atoms with Crippen LogP contribution in [0.3, 0.4) is 0 Å². The predicted octanol–water partition coefficient (Wildman–Crippen LogP) is 5.14. The van der Waals surface area contributed by atoms with E-state index < -0.39 is 23.3 Å². The van der Waals surface area contributed by atoms with E-state index in [2.05, 4.69) is 25.8 Å². The highest BCUT2D eigenvalue weighted by Crippen LogP contribution is 2.38. The topological polar surface area (TPSA) is 107 Å². The number of amides is 1. The van der Waals surface area contributed by atoms with E-state index in [9.17, 15) is 22.8 Å². The molecule has 1 saturated carbocycles. The molecule has 13 heteroatoms. The van der Waals surface area contributed by atoms with E-state index >= 15 is 0 Å². The number of carbonyl (C=O) groups excluding carboxylic acids is 2. The van der Waals surface area contributed by atoms with Crippen LogP contribution < -0.4 is 10.6 Å². The van der Waals surface area contributed by atoms with Crippen molar-refractivity contribution in [3.8, 4) is 16.9 Å². The molecule has 6 rings (SSSR count). The summed E-state index contributed by atoms with van der Waals surface area (Å²) in [6.45, 7) is 0. The molecule has 0 atom stereocenters. The highest BCUT2D eigenvalue weighted by Gasteiger charge is 2.41. The van der Waals surface area contributed by atoms with Crippen LogP contribution in [0.15, 0.2) is 55.3 Å². The number of carbonyl (C=O) groups is 1. The van der Waals surface area contributed by atoms with Gasteiger partial charge in [-0.1, -0.05) is 23.7 Å². The van der Waals surface area contributed by atoms with Gasteiger partial charge in [0.2, 0.25) is 0 Å². The minimum absolute atomic E-state index is 0.0326. The van der Waals surface area contributed by atoms with Gasteiger partial charge in [0.25, 0.3) is 5.91 Å². The second kappa shape index (κ2) is 9.26. The molecule has 2 N–H and O–H groups in total. The van der Waals surface area contributed by atoms with Crippen LogP contribution in [-0.2, 0) is 11.0 Å². The summed E-state index contributed by atoms with van der Waals surface area (Å²) in [5.74, 6) is 0.684. The second-order valence-corrected chi connectivity index (χ2v) is 9.37. The maximum atomic E-state index is 14.3. The van der Waals surface area contributed by atoms with Crippen molar-refractivity contribution in [3.05, 3.63) is 82.7 Å². The Kier molecular flexibility index (Phi) is 5.86. The number of nitrogens with zero attached hydrogens (tertiary/aromatic N) is 5. The van der Waals surface area contributed by atoms with Crippen molar-refractivity contribution in [2.45, 2.75) is 25.1 Å². The van der Waals surface area contributed by atoms with Gasteiger partial charge >= 0.3 is 6.18 Å². The minimum Gasteiger partial charge on any atom is -0.352 e. The van der Waals surface area contributed by atoms with Crippen molar-refractivity contribution in [3.63, 3.8) is 0 Å². The lowest BCUT2D eigenvalue weighted by atomic mass is 10.0. The van der Waals surface area contributed by atoms with Crippen molar-refractivity contribution in [1.29, 1.82) is 0 Å². The lowest BCUT2D eigenvalue weighted by Crippen LogP contribution is -2.21. The predicted molar refractivity (Wildman–Crippen MR) is 137 cm³/mol. The SMILES string of the molecule is O=C=C1NC=Cc2c1cccc2-n1ncc(C(=O)Nc2cnc(-c3cnn(C4CC4)c3)c(Cl)c2)c1C(F)(F)F. The zero-order valence-corrected chi connectivity index (χ0v) is 20.6. The molecule has 4 aromatic rings. The smallest absolute Gasteiger partial charge is 0.352 e. The third kappa shape index (κ3) is 4.49. The van der Waals surface area contributed by atoms with Crippen LogP contribution in [0.5, 0.6) is 0 Å². The summed E-state index contributed by atoms with van der Waals surface area (Å²) in [5, 5.41) is 13.5. The van der Waals surface area contributed by atoms with E-state index in [-0.39, 0.29) is 22.1 Å². The molecule has 0 saturated heterocycles. The first-order valence-electron chi connectivity index (χ1n) is 11.7. The van der Waals surface area contributed by atoms with E-state index in [0.29, 0.717) is 33.1 Å². The molecule has 0 bridgehead atoms. The lowest BCUT2D eigenvalue weighted by molar-refractivity contribution is -0.143. The van der Waals surface area contributed by atoms with Crippen molar-refractivity contribution in [2.24, 2.45) is 0 Å². The Morgan fingerprint density at radius 1 is 1.18 bits per heavy atom. The Morgan fingerprint density at radius 3 is 2.72 bits per heavy atom. The number of hydrogen-bond acceptors (Lipinski definition) is 6. The molecule has 3 aromatic heterocycles. The van der Waals surface area contributed by atoms with Gasteiger partial charge in [-0.3, -0.25) is 14.5 Å². The number of aromatic nitrogens is 5. The first kappa shape index (κ1) is 24.7. The molecule has 0 spiro atoms. The third-order valence-corrected chi connectivity index (χ3v) is 6.63. The summed E-state index contributed by atoms with van der Waals surface area (Å²) >= 11 is 6.39. The number of pyridine rings is 1. The Bertz CT molecular complexity index is 1710. The highest BCUT2D eigenvalue weighted by molar-refractivity contribution is 6.33. The highest BCUT2D eigenvalue weighted by atomic mass is 35.5. The second-order valence-electron chi connectivity index (χ2n) is 8.96. The molecule has 2 aliphatic rings. The molecule has 1 fully saturated rings. The largest absolute Gasteiger partial charge is 0.434 e. The number of benzene rings is 1. The minimum atomic E-state index is -4.94. The number of rotatable bonds is 5. The van der Waals surface area contributed by atoms with Crippen molar-refractivity contribution >= 4 is 40.9 Å². The number of nitrogens with one attached hydrogen (secondary N) is 2. The zero-order chi connectivity index (χ0) is 27.3. The maximum Gasteiger partial charge on any atom is 0.434 e. The Labute approximate surface area is 223 Å². The van der Waals surface area contributed by atoms with Gasteiger partial charge in [0.1, 0.15) is 5.70 Å². The fourth-order valence-electron chi connectivity index (χ4n) is 4.39. The van der Waals surface area contributed by atoms with E-state index in [1.54, 1.807) is 18.2 Å². The maximum absolute atomic E-state index is 14.3. The average Bonchev–Trinajstić information content (AvgIpc) is 3.46. The molecule has 0 radical (unpaired) electrons. The summed E-state index contributed by atoms with van der Waals surface area (Å²) in [5.41, 5.74) is 0.0194. The number of fused-ring (bicyclic) bond motifs is 1. The molecule has 1 aliphatic carbocycles. The molecule has 1 aromatic carbocycles. The standard InChI is InChI=1S/C26H17ClF3N7O2/c27-20-8-15(10-32-23(20)14-9-33-36(12-14)16-4-5-16)35-25(39)19-11-34-37(24(19)26(28,29)30)22-3-1-2-17-18(22)6-7-31-21(17)13-38/h1-3,6-12,16,31H,4-5H2,(H,35,39). The fourth-order valence-corrected chi connectivity index (χ4v) is 4.66. The van der Waals surface area contributed by atoms with Crippen LogP contribution in [0.2, 0.25) is 5.02 Å². The Morgan fingerprint density at radius 2 is 2.00 bits per heavy atom. The van der Waals surface area contributed by atoms with Crippen LogP contribution >= 0.6 is 11.6 Å². The van der Waals surface area contributed by atoms with Gasteiger partial charge in [0.05, 0.1) is 52.3 Å². The van der Waals surface area contributed by atoms with Crippen molar-refractivity contribution in [2.75, 3.05) is 5.32 Å². The van der Waals surface area contributed by atoms with E-state index in [4.69, 9.17) is 11.6 Å². The van der Waals surface area contributed by atoms with E-state index in [1.807, 2.05) is 10.9 Å². The molecule has 9 nitrogen and oxygen atoms in total. The van der Waals surface area contributed by atoms with Crippen LogP contribution in [0.25, 0.3) is 28.7 Å². The zero-order valence-electron chi connectivity index (χ0n) is 19.8. The van der Waals surface area contributed by atoms with E-state index in [0.717, 1.165) is 19.0 Å². The van der Waals surface area contributed by atoms with Gasteiger partial charge in [-0.05, 0) is 31.1 Å². The van der Waals surface area contributed by atoms with Gasteiger partial charge in [-0.2, -0.15) is 23.4 Å². The first-order chi connectivity index (χ1) is 18.7. The Balaban J connectivity index is 1.33. The quantitative estimate of drug-likeness (QED) is 0.333. The number of halogens is 4.